The zero-order valence-electron chi connectivity index (χ0n) is 9.20. The molecular formula is C11H14ClNO2S. The number of para-hydroxylation sites is 1. The maximum absolute atomic E-state index is 11.3. The molecule has 0 radical (unpaired) electrons. The van der Waals surface area contributed by atoms with Crippen molar-refractivity contribution in [3.63, 3.8) is 0 Å². The minimum absolute atomic E-state index is 0.0928. The van der Waals surface area contributed by atoms with Crippen LogP contribution in [0.2, 0.25) is 5.02 Å². The van der Waals surface area contributed by atoms with Gasteiger partial charge >= 0.3 is 5.97 Å². The fourth-order valence-corrected chi connectivity index (χ4v) is 2.09. The third-order valence-corrected chi connectivity index (χ3v) is 3.10. The first-order chi connectivity index (χ1) is 7.50. The number of hydrogen-bond donors (Lipinski definition) is 1. The summed E-state index contributed by atoms with van der Waals surface area (Å²) in [7, 11) is 0. The quantitative estimate of drug-likeness (QED) is 0.513. The summed E-state index contributed by atoms with van der Waals surface area (Å²) in [6.07, 6.45) is -0.0928. The van der Waals surface area contributed by atoms with Crippen molar-refractivity contribution in [2.45, 2.75) is 24.8 Å². The molecule has 0 saturated heterocycles. The Kier molecular flexibility index (Phi) is 4.96. The first-order valence-corrected chi connectivity index (χ1v) is 6.23. The molecule has 2 N–H and O–H groups in total. The molecule has 16 heavy (non-hydrogen) atoms. The summed E-state index contributed by atoms with van der Waals surface area (Å²) in [5.74, 6) is -0.0118. The normalized spacial score (nSPS) is 10.5. The van der Waals surface area contributed by atoms with E-state index in [1.54, 1.807) is 12.1 Å². The molecule has 88 valence electrons. The molecule has 0 heterocycles. The van der Waals surface area contributed by atoms with E-state index < -0.39 is 0 Å². The Hall–Kier alpha value is -0.870. The highest BCUT2D eigenvalue weighted by Gasteiger charge is 2.09. The fourth-order valence-electron chi connectivity index (χ4n) is 1.08. The number of anilines is 1. The van der Waals surface area contributed by atoms with E-state index in [4.69, 9.17) is 22.1 Å². The van der Waals surface area contributed by atoms with Crippen LogP contribution in [0.1, 0.15) is 13.8 Å². The van der Waals surface area contributed by atoms with Crippen LogP contribution in [0.15, 0.2) is 23.1 Å². The van der Waals surface area contributed by atoms with Gasteiger partial charge in [-0.15, -0.1) is 11.8 Å². The van der Waals surface area contributed by atoms with Gasteiger partial charge in [0.1, 0.15) is 0 Å². The summed E-state index contributed by atoms with van der Waals surface area (Å²) >= 11 is 7.19. The lowest BCUT2D eigenvalue weighted by molar-refractivity contribution is -0.144. The van der Waals surface area contributed by atoms with Crippen LogP contribution in [-0.4, -0.2) is 17.8 Å². The highest BCUT2D eigenvalue weighted by atomic mass is 35.5. The van der Waals surface area contributed by atoms with Gasteiger partial charge in [-0.2, -0.15) is 0 Å². The second kappa shape index (κ2) is 6.01. The summed E-state index contributed by atoms with van der Waals surface area (Å²) in [6, 6.07) is 5.34. The van der Waals surface area contributed by atoms with E-state index >= 15 is 0 Å². The van der Waals surface area contributed by atoms with Crippen molar-refractivity contribution in [1.82, 2.24) is 0 Å². The van der Waals surface area contributed by atoms with E-state index in [9.17, 15) is 4.79 Å². The Labute approximate surface area is 104 Å². The molecule has 0 fully saturated rings. The number of nitrogens with two attached hydrogens (primary N) is 1. The molecule has 5 heteroatoms. The minimum atomic E-state index is -0.251. The zero-order valence-corrected chi connectivity index (χ0v) is 10.8. The van der Waals surface area contributed by atoms with E-state index in [1.807, 2.05) is 19.9 Å². The predicted molar refractivity (Wildman–Crippen MR) is 67.8 cm³/mol. The molecule has 0 aliphatic rings. The van der Waals surface area contributed by atoms with Crippen molar-refractivity contribution >= 4 is 35.0 Å². The molecule has 0 aliphatic heterocycles. The number of esters is 1. The molecule has 1 aromatic carbocycles. The molecule has 0 unspecified atom stereocenters. The number of thioether (sulfide) groups is 1. The third-order valence-electron chi connectivity index (χ3n) is 1.73. The number of nitrogen functional groups attached to an aromatic ring is 1. The lowest BCUT2D eigenvalue weighted by Crippen LogP contribution is -2.13. The van der Waals surface area contributed by atoms with Crippen LogP contribution in [0.4, 0.5) is 5.69 Å². The van der Waals surface area contributed by atoms with Gasteiger partial charge in [0.25, 0.3) is 0 Å². The third kappa shape index (κ3) is 3.94. The monoisotopic (exact) mass is 259 g/mol. The second-order valence-corrected chi connectivity index (χ2v) is 4.90. The SMILES string of the molecule is CC(C)OC(=O)CSc1cccc(Cl)c1N. The molecule has 3 nitrogen and oxygen atoms in total. The topological polar surface area (TPSA) is 52.3 Å². The number of carbonyl (C=O) groups excluding carboxylic acids is 1. The summed E-state index contributed by atoms with van der Waals surface area (Å²) in [5.41, 5.74) is 6.27. The maximum atomic E-state index is 11.3. The van der Waals surface area contributed by atoms with Gasteiger partial charge in [0, 0.05) is 4.90 Å². The first-order valence-electron chi connectivity index (χ1n) is 4.87. The van der Waals surface area contributed by atoms with E-state index in [-0.39, 0.29) is 17.8 Å². The van der Waals surface area contributed by atoms with Crippen LogP contribution >= 0.6 is 23.4 Å². The van der Waals surface area contributed by atoms with Crippen molar-refractivity contribution in [3.8, 4) is 0 Å². The van der Waals surface area contributed by atoms with Crippen LogP contribution in [0.3, 0.4) is 0 Å². The van der Waals surface area contributed by atoms with Gasteiger partial charge in [0.2, 0.25) is 0 Å². The van der Waals surface area contributed by atoms with Crippen molar-refractivity contribution in [2.24, 2.45) is 0 Å². The standard InChI is InChI=1S/C11H14ClNO2S/c1-7(2)15-10(14)6-16-9-5-3-4-8(12)11(9)13/h3-5,7H,6,13H2,1-2H3. The van der Waals surface area contributed by atoms with Crippen LogP contribution in [0.5, 0.6) is 0 Å². The first kappa shape index (κ1) is 13.2. The second-order valence-electron chi connectivity index (χ2n) is 3.48. The molecule has 0 spiro atoms. The van der Waals surface area contributed by atoms with E-state index in [1.165, 1.54) is 11.8 Å². The van der Waals surface area contributed by atoms with Crippen molar-refractivity contribution in [1.29, 1.82) is 0 Å². The molecule has 1 rings (SSSR count). The molecule has 0 amide bonds. The lowest BCUT2D eigenvalue weighted by atomic mass is 10.3. The van der Waals surface area contributed by atoms with E-state index in [0.29, 0.717) is 10.7 Å². The van der Waals surface area contributed by atoms with Gasteiger partial charge < -0.3 is 10.5 Å². The summed E-state index contributed by atoms with van der Waals surface area (Å²) < 4.78 is 5.01. The fraction of sp³-hybridized carbons (Fsp3) is 0.364. The number of rotatable bonds is 4. The molecular weight excluding hydrogens is 246 g/mol. The Balaban J connectivity index is 2.55. The van der Waals surface area contributed by atoms with Gasteiger partial charge in [-0.3, -0.25) is 4.79 Å². The Morgan fingerprint density at radius 1 is 1.56 bits per heavy atom. The van der Waals surface area contributed by atoms with Crippen LogP contribution < -0.4 is 5.73 Å². The van der Waals surface area contributed by atoms with E-state index in [0.717, 1.165) is 4.90 Å². The van der Waals surface area contributed by atoms with Crippen molar-refractivity contribution in [2.75, 3.05) is 11.5 Å². The molecule has 0 bridgehead atoms. The average molecular weight is 260 g/mol. The Morgan fingerprint density at radius 3 is 2.88 bits per heavy atom. The highest BCUT2D eigenvalue weighted by molar-refractivity contribution is 8.00. The molecule has 0 aliphatic carbocycles. The molecule has 0 atom stereocenters. The smallest absolute Gasteiger partial charge is 0.316 e. The zero-order chi connectivity index (χ0) is 12.1. The van der Waals surface area contributed by atoms with Crippen LogP contribution in [-0.2, 0) is 9.53 Å². The summed E-state index contributed by atoms with van der Waals surface area (Å²) in [6.45, 7) is 3.63. The number of halogens is 1. The molecule has 0 saturated carbocycles. The lowest BCUT2D eigenvalue weighted by Gasteiger charge is -2.09. The van der Waals surface area contributed by atoms with Gasteiger partial charge in [-0.1, -0.05) is 17.7 Å². The average Bonchev–Trinajstić information content (AvgIpc) is 2.19. The van der Waals surface area contributed by atoms with Gasteiger partial charge in [-0.05, 0) is 26.0 Å². The largest absolute Gasteiger partial charge is 0.462 e. The van der Waals surface area contributed by atoms with Crippen molar-refractivity contribution in [3.05, 3.63) is 23.2 Å². The predicted octanol–water partition coefficient (Wildman–Crippen LogP) is 2.97. The van der Waals surface area contributed by atoms with Crippen molar-refractivity contribution < 1.29 is 9.53 Å². The Bertz CT molecular complexity index is 382. The minimum Gasteiger partial charge on any atom is -0.462 e. The summed E-state index contributed by atoms with van der Waals surface area (Å²) in [4.78, 5) is 12.1. The van der Waals surface area contributed by atoms with E-state index in [2.05, 4.69) is 0 Å². The van der Waals surface area contributed by atoms with Gasteiger partial charge in [-0.25, -0.2) is 0 Å². The van der Waals surface area contributed by atoms with Crippen LogP contribution in [0, 0.1) is 0 Å². The number of hydrogen-bond acceptors (Lipinski definition) is 4. The van der Waals surface area contributed by atoms with Crippen LogP contribution in [0.25, 0.3) is 0 Å². The number of carbonyl (C=O) groups is 1. The number of ether oxygens (including phenoxy) is 1. The Morgan fingerprint density at radius 2 is 2.25 bits per heavy atom. The number of benzene rings is 1. The molecule has 0 aromatic heterocycles. The molecule has 1 aromatic rings. The van der Waals surface area contributed by atoms with Gasteiger partial charge in [0.05, 0.1) is 22.6 Å². The van der Waals surface area contributed by atoms with Gasteiger partial charge in [0.15, 0.2) is 0 Å². The highest BCUT2D eigenvalue weighted by Crippen LogP contribution is 2.30. The summed E-state index contributed by atoms with van der Waals surface area (Å²) in [5, 5.41) is 0.502. The maximum Gasteiger partial charge on any atom is 0.316 e.